The molecule has 0 spiro atoms. The van der Waals surface area contributed by atoms with E-state index in [1.54, 1.807) is 0 Å². The summed E-state index contributed by atoms with van der Waals surface area (Å²) in [5.74, 6) is -0.206. The molecule has 5 heteroatoms. The third kappa shape index (κ3) is 6.10. The summed E-state index contributed by atoms with van der Waals surface area (Å²) >= 11 is 0. The molecule has 0 bridgehead atoms. The monoisotopic (exact) mass is 293 g/mol. The Bertz CT molecular complexity index is 497. The van der Waals surface area contributed by atoms with E-state index in [0.717, 1.165) is 19.3 Å². The summed E-state index contributed by atoms with van der Waals surface area (Å²) in [6, 6.07) is 3.03. The standard InChI is InChI=1S/C16H27N3O2/c1-4-6-7-8-9-13(3)17-16(21)14-10-11-15(20)19(18-14)12-5-2/h10-11,13H,4-9,12H2,1-3H3,(H,17,21). The van der Waals surface area contributed by atoms with E-state index in [1.807, 2.05) is 13.8 Å². The molecule has 0 radical (unpaired) electrons. The molecule has 0 aliphatic carbocycles. The molecule has 0 fully saturated rings. The van der Waals surface area contributed by atoms with E-state index in [1.165, 1.54) is 36.1 Å². The van der Waals surface area contributed by atoms with Gasteiger partial charge in [-0.3, -0.25) is 9.59 Å². The SMILES string of the molecule is CCCCCCC(C)NC(=O)c1ccc(=O)n(CCC)n1. The van der Waals surface area contributed by atoms with Gasteiger partial charge in [-0.25, -0.2) is 4.68 Å². The van der Waals surface area contributed by atoms with Crippen LogP contribution in [0.1, 0.15) is 69.8 Å². The van der Waals surface area contributed by atoms with Gasteiger partial charge < -0.3 is 5.32 Å². The normalized spacial score (nSPS) is 12.1. The molecule has 1 heterocycles. The maximum absolute atomic E-state index is 12.1. The molecule has 0 saturated carbocycles. The zero-order valence-electron chi connectivity index (χ0n) is 13.4. The smallest absolute Gasteiger partial charge is 0.271 e. The van der Waals surface area contributed by atoms with Crippen molar-refractivity contribution in [3.63, 3.8) is 0 Å². The number of nitrogens with one attached hydrogen (secondary N) is 1. The minimum Gasteiger partial charge on any atom is -0.348 e. The number of amides is 1. The van der Waals surface area contributed by atoms with E-state index in [9.17, 15) is 9.59 Å². The van der Waals surface area contributed by atoms with Crippen LogP contribution >= 0.6 is 0 Å². The lowest BCUT2D eigenvalue weighted by atomic mass is 10.1. The van der Waals surface area contributed by atoms with Crippen molar-refractivity contribution in [2.45, 2.75) is 71.9 Å². The van der Waals surface area contributed by atoms with Crippen molar-refractivity contribution < 1.29 is 4.79 Å². The summed E-state index contributed by atoms with van der Waals surface area (Å²) in [7, 11) is 0. The van der Waals surface area contributed by atoms with Crippen LogP contribution in [-0.4, -0.2) is 21.7 Å². The average Bonchev–Trinajstić information content (AvgIpc) is 2.46. The van der Waals surface area contributed by atoms with Gasteiger partial charge in [0.25, 0.3) is 11.5 Å². The Hall–Kier alpha value is -1.65. The number of unbranched alkanes of at least 4 members (excludes halogenated alkanes) is 3. The van der Waals surface area contributed by atoms with Gasteiger partial charge in [-0.1, -0.05) is 39.5 Å². The molecule has 0 aliphatic heterocycles. The van der Waals surface area contributed by atoms with Gasteiger partial charge in [0.15, 0.2) is 0 Å². The highest BCUT2D eigenvalue weighted by atomic mass is 16.2. The second-order valence-electron chi connectivity index (χ2n) is 5.50. The predicted octanol–water partition coefficient (Wildman–Crippen LogP) is 2.74. The van der Waals surface area contributed by atoms with Gasteiger partial charge in [0.05, 0.1) is 0 Å². The van der Waals surface area contributed by atoms with Crippen LogP contribution in [0, 0.1) is 0 Å². The van der Waals surface area contributed by atoms with Crippen molar-refractivity contribution in [1.82, 2.24) is 15.1 Å². The van der Waals surface area contributed by atoms with Crippen molar-refractivity contribution >= 4 is 5.91 Å². The zero-order valence-corrected chi connectivity index (χ0v) is 13.4. The highest BCUT2D eigenvalue weighted by molar-refractivity contribution is 5.92. The van der Waals surface area contributed by atoms with Crippen LogP contribution in [0.4, 0.5) is 0 Å². The number of nitrogens with zero attached hydrogens (tertiary/aromatic N) is 2. The van der Waals surface area contributed by atoms with Crippen LogP contribution in [0.25, 0.3) is 0 Å². The lowest BCUT2D eigenvalue weighted by molar-refractivity contribution is 0.0930. The first-order chi connectivity index (χ1) is 10.1. The van der Waals surface area contributed by atoms with E-state index in [0.29, 0.717) is 12.2 Å². The van der Waals surface area contributed by atoms with Crippen LogP contribution < -0.4 is 10.9 Å². The van der Waals surface area contributed by atoms with Crippen LogP contribution in [0.15, 0.2) is 16.9 Å². The van der Waals surface area contributed by atoms with Crippen LogP contribution in [0.2, 0.25) is 0 Å². The van der Waals surface area contributed by atoms with Crippen molar-refractivity contribution in [2.75, 3.05) is 0 Å². The molecule has 1 atom stereocenters. The molecule has 118 valence electrons. The number of aryl methyl sites for hydroxylation is 1. The van der Waals surface area contributed by atoms with Gasteiger partial charge in [0.1, 0.15) is 5.69 Å². The summed E-state index contributed by atoms with van der Waals surface area (Å²) in [5.41, 5.74) is 0.143. The van der Waals surface area contributed by atoms with E-state index in [-0.39, 0.29) is 17.5 Å². The highest BCUT2D eigenvalue weighted by Crippen LogP contribution is 2.05. The molecular formula is C16H27N3O2. The number of aromatic nitrogens is 2. The summed E-state index contributed by atoms with van der Waals surface area (Å²) in [6.07, 6.45) is 6.56. The zero-order chi connectivity index (χ0) is 15.7. The highest BCUT2D eigenvalue weighted by Gasteiger charge is 2.12. The fraction of sp³-hybridized carbons (Fsp3) is 0.688. The third-order valence-corrected chi connectivity index (χ3v) is 3.40. The number of carbonyl (C=O) groups excluding carboxylic acids is 1. The fourth-order valence-corrected chi connectivity index (χ4v) is 2.19. The first kappa shape index (κ1) is 17.4. The molecule has 0 aromatic carbocycles. The molecular weight excluding hydrogens is 266 g/mol. The molecule has 1 rings (SSSR count). The lowest BCUT2D eigenvalue weighted by Gasteiger charge is -2.13. The Morgan fingerprint density at radius 2 is 2.00 bits per heavy atom. The maximum Gasteiger partial charge on any atom is 0.271 e. The summed E-state index contributed by atoms with van der Waals surface area (Å²) < 4.78 is 1.35. The molecule has 1 aromatic heterocycles. The minimum absolute atomic E-state index is 0.128. The van der Waals surface area contributed by atoms with Crippen molar-refractivity contribution in [1.29, 1.82) is 0 Å². The van der Waals surface area contributed by atoms with Crippen molar-refractivity contribution in [3.05, 3.63) is 28.2 Å². The molecule has 0 aliphatic rings. The summed E-state index contributed by atoms with van der Waals surface area (Å²) in [5, 5.41) is 7.06. The summed E-state index contributed by atoms with van der Waals surface area (Å²) in [6.45, 7) is 6.69. The Morgan fingerprint density at radius 3 is 2.67 bits per heavy atom. The Kier molecular flexibility index (Phi) is 7.72. The Labute approximate surface area is 126 Å². The van der Waals surface area contributed by atoms with Crippen molar-refractivity contribution in [2.24, 2.45) is 0 Å². The van der Waals surface area contributed by atoms with E-state index < -0.39 is 0 Å². The molecule has 5 nitrogen and oxygen atoms in total. The Balaban J connectivity index is 2.54. The van der Waals surface area contributed by atoms with Crippen LogP contribution in [0.3, 0.4) is 0 Å². The van der Waals surface area contributed by atoms with Crippen molar-refractivity contribution in [3.8, 4) is 0 Å². The Morgan fingerprint density at radius 1 is 1.24 bits per heavy atom. The minimum atomic E-state index is -0.206. The quantitative estimate of drug-likeness (QED) is 0.712. The molecule has 0 saturated heterocycles. The molecule has 1 N–H and O–H groups in total. The second-order valence-corrected chi connectivity index (χ2v) is 5.50. The lowest BCUT2D eigenvalue weighted by Crippen LogP contribution is -2.35. The number of carbonyl (C=O) groups is 1. The number of rotatable bonds is 9. The molecule has 1 aromatic rings. The molecule has 21 heavy (non-hydrogen) atoms. The predicted molar refractivity (Wildman–Crippen MR) is 84.5 cm³/mol. The van der Waals surface area contributed by atoms with Gasteiger partial charge in [-0.05, 0) is 25.8 Å². The van der Waals surface area contributed by atoms with E-state index >= 15 is 0 Å². The van der Waals surface area contributed by atoms with Crippen LogP contribution in [0.5, 0.6) is 0 Å². The summed E-state index contributed by atoms with van der Waals surface area (Å²) in [4.78, 5) is 23.7. The molecule has 1 amide bonds. The van der Waals surface area contributed by atoms with Gasteiger partial charge >= 0.3 is 0 Å². The van der Waals surface area contributed by atoms with Gasteiger partial charge in [-0.15, -0.1) is 0 Å². The van der Waals surface area contributed by atoms with E-state index in [2.05, 4.69) is 17.3 Å². The van der Waals surface area contributed by atoms with E-state index in [4.69, 9.17) is 0 Å². The maximum atomic E-state index is 12.1. The first-order valence-corrected chi connectivity index (χ1v) is 7.97. The average molecular weight is 293 g/mol. The van der Waals surface area contributed by atoms with Gasteiger partial charge in [-0.2, -0.15) is 5.10 Å². The van der Waals surface area contributed by atoms with Crippen LogP contribution in [-0.2, 0) is 6.54 Å². The third-order valence-electron chi connectivity index (χ3n) is 3.40. The largest absolute Gasteiger partial charge is 0.348 e. The number of hydrogen-bond donors (Lipinski definition) is 1. The second kappa shape index (κ2) is 9.32. The topological polar surface area (TPSA) is 64.0 Å². The first-order valence-electron chi connectivity index (χ1n) is 7.97. The van der Waals surface area contributed by atoms with Gasteiger partial charge in [0.2, 0.25) is 0 Å². The fourth-order valence-electron chi connectivity index (χ4n) is 2.19. The molecule has 1 unspecified atom stereocenters. The number of hydrogen-bond acceptors (Lipinski definition) is 3. The van der Waals surface area contributed by atoms with Gasteiger partial charge in [0, 0.05) is 18.7 Å².